The highest BCUT2D eigenvalue weighted by molar-refractivity contribution is 7.89. The molecule has 8 nitrogen and oxygen atoms in total. The number of amides is 2. The van der Waals surface area contributed by atoms with Gasteiger partial charge in [-0.2, -0.15) is 5.26 Å². The molecular formula is C18H24N4O4S. The lowest BCUT2D eigenvalue weighted by Crippen LogP contribution is -2.36. The van der Waals surface area contributed by atoms with Crippen molar-refractivity contribution in [3.63, 3.8) is 0 Å². The topological polar surface area (TPSA) is 128 Å². The molecule has 1 fully saturated rings. The van der Waals surface area contributed by atoms with Gasteiger partial charge >= 0.3 is 0 Å². The Morgan fingerprint density at radius 2 is 1.78 bits per heavy atom. The molecule has 27 heavy (non-hydrogen) atoms. The van der Waals surface area contributed by atoms with Gasteiger partial charge in [-0.3, -0.25) is 9.59 Å². The highest BCUT2D eigenvalue weighted by Gasteiger charge is 2.27. The van der Waals surface area contributed by atoms with Gasteiger partial charge in [-0.05, 0) is 55.9 Å². The van der Waals surface area contributed by atoms with Crippen molar-refractivity contribution in [3.8, 4) is 6.07 Å². The molecule has 1 aliphatic carbocycles. The summed E-state index contributed by atoms with van der Waals surface area (Å²) in [6.07, 6.45) is 2.90. The summed E-state index contributed by atoms with van der Waals surface area (Å²) in [7, 11) is -3.62. The van der Waals surface area contributed by atoms with Gasteiger partial charge in [0.05, 0.1) is 11.0 Å². The van der Waals surface area contributed by atoms with E-state index < -0.39 is 10.0 Å². The largest absolute Gasteiger partial charge is 0.343 e. The Balaban J connectivity index is 1.83. The molecule has 2 rings (SSSR count). The van der Waals surface area contributed by atoms with Gasteiger partial charge in [-0.25, -0.2) is 13.1 Å². The zero-order chi connectivity index (χ0) is 19.9. The minimum atomic E-state index is -3.62. The molecule has 0 bridgehead atoms. The Morgan fingerprint density at radius 1 is 1.15 bits per heavy atom. The third-order valence-corrected chi connectivity index (χ3v) is 6.05. The summed E-state index contributed by atoms with van der Waals surface area (Å²) in [5.41, 5.74) is 0.537. The van der Waals surface area contributed by atoms with Gasteiger partial charge in [0, 0.05) is 25.1 Å². The van der Waals surface area contributed by atoms with Crippen LogP contribution >= 0.6 is 0 Å². The van der Waals surface area contributed by atoms with Crippen LogP contribution in [-0.4, -0.2) is 33.3 Å². The smallest absolute Gasteiger partial charge is 0.240 e. The van der Waals surface area contributed by atoms with Crippen molar-refractivity contribution >= 4 is 27.5 Å². The van der Waals surface area contributed by atoms with E-state index in [1.54, 1.807) is 12.1 Å². The number of carbonyl (C=O) groups excluding carboxylic acids is 2. The fourth-order valence-corrected chi connectivity index (χ4v) is 4.25. The first-order chi connectivity index (χ1) is 12.8. The number of rotatable bonds is 7. The summed E-state index contributed by atoms with van der Waals surface area (Å²) in [5, 5.41) is 13.7. The van der Waals surface area contributed by atoms with Crippen LogP contribution in [0.3, 0.4) is 0 Å². The Bertz CT molecular complexity index is 807. The maximum Gasteiger partial charge on any atom is 0.240 e. The van der Waals surface area contributed by atoms with Crippen molar-refractivity contribution < 1.29 is 18.0 Å². The number of benzene rings is 1. The Morgan fingerprint density at radius 3 is 2.33 bits per heavy atom. The molecule has 0 atom stereocenters. The van der Waals surface area contributed by atoms with Crippen LogP contribution in [0.25, 0.3) is 0 Å². The SMILES string of the molecule is CC(=O)Nc1ccc(S(=O)(=O)NCC2CCC(C(=O)NCC#N)CC2)cc1. The Labute approximate surface area is 159 Å². The number of nitrogens with zero attached hydrogens (tertiary/aromatic N) is 1. The van der Waals surface area contributed by atoms with Crippen molar-refractivity contribution in [2.75, 3.05) is 18.4 Å². The van der Waals surface area contributed by atoms with Crippen LogP contribution in [0.15, 0.2) is 29.2 Å². The van der Waals surface area contributed by atoms with E-state index >= 15 is 0 Å². The molecule has 0 spiro atoms. The lowest BCUT2D eigenvalue weighted by atomic mass is 9.81. The van der Waals surface area contributed by atoms with E-state index in [9.17, 15) is 18.0 Å². The van der Waals surface area contributed by atoms with Crippen LogP contribution in [0.5, 0.6) is 0 Å². The van der Waals surface area contributed by atoms with Gasteiger partial charge in [-0.15, -0.1) is 0 Å². The molecular weight excluding hydrogens is 368 g/mol. The van der Waals surface area contributed by atoms with Crippen LogP contribution in [0, 0.1) is 23.2 Å². The van der Waals surface area contributed by atoms with Crippen molar-refractivity contribution in [1.29, 1.82) is 5.26 Å². The zero-order valence-electron chi connectivity index (χ0n) is 15.2. The molecule has 0 radical (unpaired) electrons. The second-order valence-electron chi connectivity index (χ2n) is 6.65. The molecule has 0 heterocycles. The quantitative estimate of drug-likeness (QED) is 0.604. The van der Waals surface area contributed by atoms with Crippen molar-refractivity contribution in [1.82, 2.24) is 10.0 Å². The second-order valence-corrected chi connectivity index (χ2v) is 8.42. The molecule has 0 unspecified atom stereocenters. The summed E-state index contributed by atoms with van der Waals surface area (Å²) in [4.78, 5) is 23.0. The van der Waals surface area contributed by atoms with Gasteiger partial charge in [-0.1, -0.05) is 0 Å². The molecule has 3 N–H and O–H groups in total. The Hall–Kier alpha value is -2.44. The molecule has 1 aromatic rings. The van der Waals surface area contributed by atoms with E-state index in [2.05, 4.69) is 15.4 Å². The first kappa shape index (κ1) is 20.9. The number of nitriles is 1. The van der Waals surface area contributed by atoms with Crippen molar-refractivity contribution in [2.24, 2.45) is 11.8 Å². The van der Waals surface area contributed by atoms with Crippen LogP contribution in [0.2, 0.25) is 0 Å². The summed E-state index contributed by atoms with van der Waals surface area (Å²) in [6.45, 7) is 1.72. The number of hydrogen-bond donors (Lipinski definition) is 3. The molecule has 1 aliphatic rings. The van der Waals surface area contributed by atoms with Gasteiger partial charge in [0.1, 0.15) is 6.54 Å². The highest BCUT2D eigenvalue weighted by atomic mass is 32.2. The first-order valence-electron chi connectivity index (χ1n) is 8.84. The van der Waals surface area contributed by atoms with Crippen LogP contribution in [0.4, 0.5) is 5.69 Å². The number of hydrogen-bond acceptors (Lipinski definition) is 5. The van der Waals surface area contributed by atoms with E-state index in [0.29, 0.717) is 25.1 Å². The monoisotopic (exact) mass is 392 g/mol. The average Bonchev–Trinajstić information content (AvgIpc) is 2.65. The van der Waals surface area contributed by atoms with E-state index in [1.807, 2.05) is 6.07 Å². The minimum Gasteiger partial charge on any atom is -0.343 e. The van der Waals surface area contributed by atoms with Gasteiger partial charge in [0.25, 0.3) is 0 Å². The number of sulfonamides is 1. The standard InChI is InChI=1S/C18H24N4O4S/c1-13(23)22-16-6-8-17(9-7-16)27(25,26)21-12-14-2-4-15(5-3-14)18(24)20-11-10-19/h6-9,14-15,21H,2-5,11-12H2,1H3,(H,20,24)(H,22,23). The van der Waals surface area contributed by atoms with Gasteiger partial charge in [0.15, 0.2) is 0 Å². The van der Waals surface area contributed by atoms with Gasteiger partial charge < -0.3 is 10.6 Å². The molecule has 9 heteroatoms. The molecule has 0 saturated heterocycles. The van der Waals surface area contributed by atoms with E-state index in [4.69, 9.17) is 5.26 Å². The van der Waals surface area contributed by atoms with Crippen LogP contribution < -0.4 is 15.4 Å². The average molecular weight is 392 g/mol. The fraction of sp³-hybridized carbons (Fsp3) is 0.500. The van der Waals surface area contributed by atoms with E-state index in [-0.39, 0.29) is 35.1 Å². The predicted octanol–water partition coefficient (Wildman–Crippen LogP) is 1.37. The molecule has 146 valence electrons. The predicted molar refractivity (Wildman–Crippen MR) is 100 cm³/mol. The Kier molecular flexibility index (Phi) is 7.33. The summed E-state index contributed by atoms with van der Waals surface area (Å²) >= 11 is 0. The maximum atomic E-state index is 12.4. The molecule has 1 aromatic carbocycles. The van der Waals surface area contributed by atoms with E-state index in [1.165, 1.54) is 19.1 Å². The normalized spacial score (nSPS) is 19.7. The number of nitrogens with one attached hydrogen (secondary N) is 3. The summed E-state index contributed by atoms with van der Waals surface area (Å²) in [6, 6.07) is 7.86. The molecule has 0 aliphatic heterocycles. The zero-order valence-corrected chi connectivity index (χ0v) is 16.0. The lowest BCUT2D eigenvalue weighted by Gasteiger charge is -2.27. The highest BCUT2D eigenvalue weighted by Crippen LogP contribution is 2.28. The van der Waals surface area contributed by atoms with Gasteiger partial charge in [0.2, 0.25) is 21.8 Å². The minimum absolute atomic E-state index is 0.0132. The van der Waals surface area contributed by atoms with Crippen molar-refractivity contribution in [3.05, 3.63) is 24.3 Å². The number of carbonyl (C=O) groups is 2. The third kappa shape index (κ3) is 6.34. The van der Waals surface area contributed by atoms with Crippen molar-refractivity contribution in [2.45, 2.75) is 37.5 Å². The van der Waals surface area contributed by atoms with E-state index in [0.717, 1.165) is 12.8 Å². The summed E-state index contributed by atoms with van der Waals surface area (Å²) < 4.78 is 27.4. The van der Waals surface area contributed by atoms with Crippen LogP contribution in [-0.2, 0) is 19.6 Å². The number of anilines is 1. The second kappa shape index (κ2) is 9.48. The lowest BCUT2D eigenvalue weighted by molar-refractivity contribution is -0.126. The first-order valence-corrected chi connectivity index (χ1v) is 10.3. The van der Waals surface area contributed by atoms with Crippen LogP contribution in [0.1, 0.15) is 32.6 Å². The fourth-order valence-electron chi connectivity index (χ4n) is 3.13. The molecule has 0 aromatic heterocycles. The molecule has 2 amide bonds. The summed E-state index contributed by atoms with van der Waals surface area (Å²) in [5.74, 6) is -0.249. The third-order valence-electron chi connectivity index (χ3n) is 4.61. The molecule has 1 saturated carbocycles. The maximum absolute atomic E-state index is 12.4.